The topological polar surface area (TPSA) is 106 Å². The number of amides is 2. The molecular formula is C22H25F2N9OS2. The first-order valence-corrected chi connectivity index (χ1v) is 13.1. The van der Waals surface area contributed by atoms with E-state index in [1.165, 1.54) is 16.6 Å². The van der Waals surface area contributed by atoms with Gasteiger partial charge >= 0.3 is 6.03 Å². The fourth-order valence-corrected chi connectivity index (χ4v) is 5.77. The number of hydrogen-bond donors (Lipinski definition) is 1. The molecule has 1 aliphatic carbocycles. The number of nitrogens with one attached hydrogen (secondary N) is 1. The lowest BCUT2D eigenvalue weighted by Crippen LogP contribution is -2.56. The number of carbonyl (C=O) groups is 1. The fourth-order valence-electron chi connectivity index (χ4n) is 4.19. The summed E-state index contributed by atoms with van der Waals surface area (Å²) in [5.74, 6) is 0. The van der Waals surface area contributed by atoms with Gasteiger partial charge in [-0.15, -0.1) is 10.2 Å². The zero-order valence-electron chi connectivity index (χ0n) is 20.0. The highest BCUT2D eigenvalue weighted by Gasteiger charge is 2.43. The Morgan fingerprint density at radius 2 is 2.11 bits per heavy atom. The largest absolute Gasteiger partial charge is 0.367 e. The molecular weight excluding hydrogens is 508 g/mol. The zero-order valence-corrected chi connectivity index (χ0v) is 21.6. The predicted octanol–water partition coefficient (Wildman–Crippen LogP) is 3.66. The maximum Gasteiger partial charge on any atom is 0.319 e. The smallest absolute Gasteiger partial charge is 0.319 e. The fraction of sp³-hybridized carbons (Fsp3) is 0.500. The quantitative estimate of drug-likeness (QED) is 0.479. The van der Waals surface area contributed by atoms with Crippen molar-refractivity contribution in [1.82, 2.24) is 34.5 Å². The van der Waals surface area contributed by atoms with Crippen molar-refractivity contribution in [3.8, 4) is 11.2 Å². The van der Waals surface area contributed by atoms with Crippen molar-refractivity contribution in [2.75, 3.05) is 38.6 Å². The first-order chi connectivity index (χ1) is 17.2. The first-order valence-electron chi connectivity index (χ1n) is 11.4. The van der Waals surface area contributed by atoms with Gasteiger partial charge in [0, 0.05) is 55.7 Å². The minimum absolute atomic E-state index is 0.0155. The average molecular weight is 534 g/mol. The molecule has 1 aliphatic heterocycles. The number of nitriles is 1. The van der Waals surface area contributed by atoms with Gasteiger partial charge in [-0.3, -0.25) is 0 Å². The molecule has 0 spiro atoms. The van der Waals surface area contributed by atoms with Crippen LogP contribution in [-0.2, 0) is 0 Å². The van der Waals surface area contributed by atoms with E-state index in [1.807, 2.05) is 24.0 Å². The van der Waals surface area contributed by atoms with Crippen molar-refractivity contribution in [3.05, 3.63) is 23.3 Å². The highest BCUT2D eigenvalue weighted by atomic mass is 32.2. The second-order valence-corrected chi connectivity index (χ2v) is 11.1. The molecule has 0 bridgehead atoms. The van der Waals surface area contributed by atoms with E-state index in [9.17, 15) is 18.8 Å². The molecule has 0 radical (unpaired) electrons. The molecule has 1 saturated carbocycles. The number of halogens is 2. The Kier molecular flexibility index (Phi) is 6.48. The van der Waals surface area contributed by atoms with E-state index >= 15 is 0 Å². The van der Waals surface area contributed by atoms with Gasteiger partial charge in [0.2, 0.25) is 5.13 Å². The van der Waals surface area contributed by atoms with Crippen LogP contribution in [0.4, 0.5) is 19.3 Å². The normalized spacial score (nSPS) is 19.1. The van der Waals surface area contributed by atoms with Gasteiger partial charge in [0.05, 0.1) is 17.8 Å². The molecule has 2 fully saturated rings. The lowest BCUT2D eigenvalue weighted by molar-refractivity contribution is 0.147. The molecule has 1 saturated heterocycles. The predicted molar refractivity (Wildman–Crippen MR) is 134 cm³/mol. The van der Waals surface area contributed by atoms with Gasteiger partial charge in [-0.2, -0.15) is 10.4 Å². The van der Waals surface area contributed by atoms with E-state index in [0.717, 1.165) is 40.1 Å². The van der Waals surface area contributed by atoms with Crippen LogP contribution in [0.15, 0.2) is 23.2 Å². The van der Waals surface area contributed by atoms with Gasteiger partial charge in [-0.25, -0.2) is 23.0 Å². The Labute approximate surface area is 215 Å². The molecule has 1 atom stereocenters. The van der Waals surface area contributed by atoms with Crippen molar-refractivity contribution < 1.29 is 13.6 Å². The highest BCUT2D eigenvalue weighted by molar-refractivity contribution is 7.97. The van der Waals surface area contributed by atoms with Crippen molar-refractivity contribution in [2.24, 2.45) is 0 Å². The average Bonchev–Trinajstić information content (AvgIpc) is 3.25. The summed E-state index contributed by atoms with van der Waals surface area (Å²) in [6.45, 7) is 3.83. The summed E-state index contributed by atoms with van der Waals surface area (Å²) in [5, 5.41) is 22.2. The Bertz CT molecular complexity index is 1330. The number of rotatable bonds is 6. The van der Waals surface area contributed by atoms with Crippen LogP contribution in [0.2, 0.25) is 0 Å². The van der Waals surface area contributed by atoms with Crippen LogP contribution in [0.1, 0.15) is 31.2 Å². The number of benzene rings is 1. The van der Waals surface area contributed by atoms with Gasteiger partial charge in [0.1, 0.15) is 5.54 Å². The van der Waals surface area contributed by atoms with Crippen LogP contribution in [0, 0.1) is 11.3 Å². The SMILES string of the molecule is C[C@H]1CN(c2cc(SNC3(C#N)CC3)cc3c2cnn3-c2nnc(C(F)F)s2)CCN1C(=O)N(C)C. The second-order valence-electron chi connectivity index (χ2n) is 9.22. The minimum atomic E-state index is -2.70. The Morgan fingerprint density at radius 3 is 2.72 bits per heavy atom. The van der Waals surface area contributed by atoms with Crippen LogP contribution in [0.5, 0.6) is 0 Å². The minimum Gasteiger partial charge on any atom is -0.367 e. The van der Waals surface area contributed by atoms with Gasteiger partial charge in [-0.05, 0) is 43.8 Å². The molecule has 14 heteroatoms. The maximum atomic E-state index is 13.1. The molecule has 3 heterocycles. The molecule has 2 amide bonds. The van der Waals surface area contributed by atoms with Crippen molar-refractivity contribution in [3.63, 3.8) is 0 Å². The molecule has 0 unspecified atom stereocenters. The van der Waals surface area contributed by atoms with Crippen LogP contribution in [0.3, 0.4) is 0 Å². The molecule has 36 heavy (non-hydrogen) atoms. The third kappa shape index (κ3) is 4.58. The number of hydrogen-bond acceptors (Lipinski definition) is 9. The van der Waals surface area contributed by atoms with Crippen molar-refractivity contribution in [2.45, 2.75) is 42.7 Å². The van der Waals surface area contributed by atoms with E-state index < -0.39 is 12.0 Å². The molecule has 5 rings (SSSR count). The summed E-state index contributed by atoms with van der Waals surface area (Å²) < 4.78 is 31.1. The second kappa shape index (κ2) is 9.45. The number of urea groups is 1. The summed E-state index contributed by atoms with van der Waals surface area (Å²) in [4.78, 5) is 19.1. The molecule has 10 nitrogen and oxygen atoms in total. The standard InChI is InChI=1S/C22H25F2N9OS2/c1-13-11-31(6-7-32(13)21(34)30(2)3)16-8-14(36-29-22(12-25)4-5-22)9-17-15(16)10-26-33(17)20-28-27-19(35-20)18(23)24/h8-10,13,18,29H,4-7,11H2,1-3H3/t13-/m0/s1. The number of carbonyl (C=O) groups excluding carboxylic acids is 1. The van der Waals surface area contributed by atoms with E-state index in [0.29, 0.717) is 25.2 Å². The summed E-state index contributed by atoms with van der Waals surface area (Å²) in [6.07, 6.45) is 0.594. The van der Waals surface area contributed by atoms with Gasteiger partial charge in [0.25, 0.3) is 6.43 Å². The van der Waals surface area contributed by atoms with Gasteiger partial charge in [0.15, 0.2) is 5.01 Å². The highest BCUT2D eigenvalue weighted by Crippen LogP contribution is 2.40. The first kappa shape index (κ1) is 24.7. The molecule has 1 aromatic carbocycles. The number of alkyl halides is 2. The summed E-state index contributed by atoms with van der Waals surface area (Å²) in [6, 6.07) is 6.24. The van der Waals surface area contributed by atoms with Crippen LogP contribution in [0.25, 0.3) is 16.0 Å². The number of fused-ring (bicyclic) bond motifs is 1. The molecule has 2 aromatic heterocycles. The third-order valence-corrected chi connectivity index (χ3v) is 8.23. The van der Waals surface area contributed by atoms with Crippen molar-refractivity contribution >= 4 is 45.9 Å². The number of anilines is 1. The van der Waals surface area contributed by atoms with Gasteiger partial charge in [-0.1, -0.05) is 11.3 Å². The van der Waals surface area contributed by atoms with Gasteiger partial charge < -0.3 is 14.7 Å². The number of aromatic nitrogens is 4. The lowest BCUT2D eigenvalue weighted by atomic mass is 10.1. The summed E-state index contributed by atoms with van der Waals surface area (Å²) in [7, 11) is 3.49. The number of piperazine rings is 1. The monoisotopic (exact) mass is 533 g/mol. The Hall–Kier alpha value is -3.02. The molecule has 190 valence electrons. The Balaban J connectivity index is 1.51. The zero-order chi connectivity index (χ0) is 25.6. The van der Waals surface area contributed by atoms with Crippen molar-refractivity contribution in [1.29, 1.82) is 5.26 Å². The van der Waals surface area contributed by atoms with Crippen LogP contribution in [-0.4, -0.2) is 81.1 Å². The van der Waals surface area contributed by atoms with Crippen LogP contribution < -0.4 is 9.62 Å². The molecule has 1 N–H and O–H groups in total. The third-order valence-electron chi connectivity index (χ3n) is 6.36. The summed E-state index contributed by atoms with van der Waals surface area (Å²) >= 11 is 2.17. The molecule has 3 aromatic rings. The molecule has 2 aliphatic rings. The maximum absolute atomic E-state index is 13.1. The Morgan fingerprint density at radius 1 is 1.33 bits per heavy atom. The summed E-state index contributed by atoms with van der Waals surface area (Å²) in [5.41, 5.74) is 1.11. The van der Waals surface area contributed by atoms with E-state index in [4.69, 9.17) is 0 Å². The van der Waals surface area contributed by atoms with E-state index in [-0.39, 0.29) is 22.2 Å². The number of nitrogens with zero attached hydrogens (tertiary/aromatic N) is 8. The lowest BCUT2D eigenvalue weighted by Gasteiger charge is -2.42. The van der Waals surface area contributed by atoms with E-state index in [2.05, 4.69) is 31.0 Å². The van der Waals surface area contributed by atoms with Crippen LogP contribution >= 0.6 is 23.3 Å². The van der Waals surface area contributed by atoms with E-state index in [1.54, 1.807) is 25.2 Å².